The number of phenolic OH excluding ortho intramolecular Hbond substituents is 1. The van der Waals surface area contributed by atoms with Gasteiger partial charge in [0.25, 0.3) is 0 Å². The number of nitrogens with zero attached hydrogens (tertiary/aromatic N) is 1. The highest BCUT2D eigenvalue weighted by molar-refractivity contribution is 5.94. The number of epoxide rings is 1. The highest BCUT2D eigenvalue weighted by Gasteiger charge is 2.76. The highest BCUT2D eigenvalue weighted by atomic mass is 16.7. The van der Waals surface area contributed by atoms with Crippen molar-refractivity contribution in [2.24, 2.45) is 0 Å². The average molecular weight is 347 g/mol. The van der Waals surface area contributed by atoms with E-state index in [2.05, 4.69) is 11.9 Å². The molecule has 1 aliphatic carbocycles. The molecule has 0 aromatic heterocycles. The predicted molar refractivity (Wildman–Crippen MR) is 86.0 cm³/mol. The Bertz CT molecular complexity index is 766. The molecule has 3 aliphatic heterocycles. The lowest BCUT2D eigenvalue weighted by Gasteiger charge is -2.45. The van der Waals surface area contributed by atoms with Gasteiger partial charge in [0.05, 0.1) is 18.7 Å². The Morgan fingerprint density at radius 1 is 1.36 bits per heavy atom. The topological polar surface area (TPSA) is 80.8 Å². The first-order valence-electron chi connectivity index (χ1n) is 8.54. The molecule has 1 aromatic carbocycles. The van der Waals surface area contributed by atoms with Gasteiger partial charge in [-0.25, -0.2) is 4.79 Å². The molecule has 0 radical (unpaired) electrons. The molecule has 7 nitrogen and oxygen atoms in total. The fourth-order valence-corrected chi connectivity index (χ4v) is 5.27. The number of hydrogen-bond donors (Lipinski definition) is 1. The van der Waals surface area contributed by atoms with E-state index in [4.69, 9.17) is 18.9 Å². The molecule has 1 saturated carbocycles. The number of fused-ring (bicyclic) bond motifs is 4. The smallest absolute Gasteiger partial charge is 0.338 e. The zero-order valence-corrected chi connectivity index (χ0v) is 14.4. The van der Waals surface area contributed by atoms with Crippen LogP contribution in [0.4, 0.5) is 0 Å². The van der Waals surface area contributed by atoms with Crippen LogP contribution in [0, 0.1) is 0 Å². The third-order valence-electron chi connectivity index (χ3n) is 6.36. The standard InChI is InChI=1S/C18H21NO6/c1-19-5-4-18-15(19)12-8-6-10(20)11(22-2)7-9(8)17(21)24-13(12)14(23-3)16(18)25-18/h6-7,12-16,20H,4-5H2,1-3H3/t12?,13?,14-,15+,16+,18-/m1/s1. The van der Waals surface area contributed by atoms with Crippen LogP contribution in [0.15, 0.2) is 12.1 Å². The van der Waals surface area contributed by atoms with E-state index in [0.717, 1.165) is 18.5 Å². The third kappa shape index (κ3) is 1.78. The zero-order chi connectivity index (χ0) is 17.5. The molecular formula is C18H21NO6. The van der Waals surface area contributed by atoms with E-state index >= 15 is 0 Å². The molecule has 1 spiro atoms. The van der Waals surface area contributed by atoms with Gasteiger partial charge in [-0.1, -0.05) is 0 Å². The molecule has 7 heteroatoms. The van der Waals surface area contributed by atoms with Crippen LogP contribution in [0.2, 0.25) is 0 Å². The van der Waals surface area contributed by atoms with Crippen molar-refractivity contribution in [2.75, 3.05) is 27.8 Å². The number of aromatic hydroxyl groups is 1. The number of likely N-dealkylation sites (tertiary alicyclic amines) is 1. The molecule has 4 aliphatic rings. The van der Waals surface area contributed by atoms with Crippen molar-refractivity contribution in [3.05, 3.63) is 23.3 Å². The van der Waals surface area contributed by atoms with Crippen molar-refractivity contribution >= 4 is 5.97 Å². The van der Waals surface area contributed by atoms with Crippen LogP contribution < -0.4 is 4.74 Å². The number of methoxy groups -OCH3 is 2. The second-order valence-electron chi connectivity index (χ2n) is 7.38. The lowest BCUT2D eigenvalue weighted by Crippen LogP contribution is -2.59. The summed E-state index contributed by atoms with van der Waals surface area (Å²) in [7, 11) is 5.16. The summed E-state index contributed by atoms with van der Waals surface area (Å²) in [6, 6.07) is 3.29. The molecule has 3 heterocycles. The van der Waals surface area contributed by atoms with E-state index < -0.39 is 12.1 Å². The number of carbonyl (C=O) groups is 1. The molecule has 3 fully saturated rings. The second kappa shape index (κ2) is 4.87. The molecule has 1 aromatic rings. The predicted octanol–water partition coefficient (Wildman–Crippen LogP) is 0.894. The molecule has 5 rings (SSSR count). The van der Waals surface area contributed by atoms with Gasteiger partial charge in [-0.15, -0.1) is 0 Å². The van der Waals surface area contributed by atoms with Gasteiger partial charge in [0.15, 0.2) is 11.5 Å². The molecule has 134 valence electrons. The van der Waals surface area contributed by atoms with Gasteiger partial charge >= 0.3 is 5.97 Å². The van der Waals surface area contributed by atoms with Gasteiger partial charge in [-0.05, 0) is 31.2 Å². The Morgan fingerprint density at radius 2 is 2.16 bits per heavy atom. The maximum atomic E-state index is 12.6. The van der Waals surface area contributed by atoms with Crippen molar-refractivity contribution in [1.29, 1.82) is 0 Å². The molecule has 1 N–H and O–H groups in total. The van der Waals surface area contributed by atoms with Gasteiger partial charge in [-0.2, -0.15) is 0 Å². The number of esters is 1. The van der Waals surface area contributed by atoms with E-state index in [1.54, 1.807) is 19.2 Å². The minimum atomic E-state index is -0.427. The number of hydrogen-bond acceptors (Lipinski definition) is 7. The summed E-state index contributed by atoms with van der Waals surface area (Å²) >= 11 is 0. The largest absolute Gasteiger partial charge is 0.504 e. The van der Waals surface area contributed by atoms with Crippen molar-refractivity contribution in [2.45, 2.75) is 42.3 Å². The lowest BCUT2D eigenvalue weighted by molar-refractivity contribution is -0.0778. The summed E-state index contributed by atoms with van der Waals surface area (Å²) in [4.78, 5) is 14.9. The molecular weight excluding hydrogens is 326 g/mol. The van der Waals surface area contributed by atoms with Crippen molar-refractivity contribution in [3.8, 4) is 11.5 Å². The monoisotopic (exact) mass is 347 g/mol. The Labute approximate surface area is 145 Å². The SMILES string of the molecule is COc1cc2c(cc1O)C1C(OC2=O)[C@@H](OC)[C@@H]2O[C@@]23CCN(C)[C@@H]13. The van der Waals surface area contributed by atoms with E-state index in [-0.39, 0.29) is 41.3 Å². The Morgan fingerprint density at radius 3 is 2.88 bits per heavy atom. The van der Waals surface area contributed by atoms with Crippen LogP contribution in [-0.2, 0) is 14.2 Å². The summed E-state index contributed by atoms with van der Waals surface area (Å²) in [5.41, 5.74) is 0.988. The molecule has 6 atom stereocenters. The summed E-state index contributed by atoms with van der Waals surface area (Å²) in [5, 5.41) is 10.3. The van der Waals surface area contributed by atoms with Gasteiger partial charge < -0.3 is 24.1 Å². The van der Waals surface area contributed by atoms with Crippen LogP contribution in [0.1, 0.15) is 28.3 Å². The summed E-state index contributed by atoms with van der Waals surface area (Å²) in [5.74, 6) is -0.230. The second-order valence-corrected chi connectivity index (χ2v) is 7.38. The molecule has 0 amide bonds. The van der Waals surface area contributed by atoms with E-state index in [1.807, 2.05) is 0 Å². The summed E-state index contributed by atoms with van der Waals surface area (Å²) in [6.07, 6.45) is 0.167. The van der Waals surface area contributed by atoms with Crippen LogP contribution in [-0.4, -0.2) is 73.7 Å². The van der Waals surface area contributed by atoms with Crippen molar-refractivity contribution in [3.63, 3.8) is 0 Å². The molecule has 2 unspecified atom stereocenters. The fourth-order valence-electron chi connectivity index (χ4n) is 5.27. The Kier molecular flexibility index (Phi) is 3.01. The van der Waals surface area contributed by atoms with Crippen molar-refractivity contribution < 1.29 is 28.8 Å². The van der Waals surface area contributed by atoms with Gasteiger partial charge in [-0.3, -0.25) is 4.90 Å². The molecule has 2 saturated heterocycles. The van der Waals surface area contributed by atoms with Crippen LogP contribution in [0.25, 0.3) is 0 Å². The van der Waals surface area contributed by atoms with Crippen LogP contribution >= 0.6 is 0 Å². The number of benzene rings is 1. The number of likely N-dealkylation sites (N-methyl/N-ethyl adjacent to an activating group) is 1. The summed E-state index contributed by atoms with van der Waals surface area (Å²) < 4.78 is 22.8. The lowest BCUT2D eigenvalue weighted by atomic mass is 9.69. The first-order chi connectivity index (χ1) is 12.0. The fraction of sp³-hybridized carbons (Fsp3) is 0.611. The third-order valence-corrected chi connectivity index (χ3v) is 6.36. The molecule has 25 heavy (non-hydrogen) atoms. The quantitative estimate of drug-likeness (QED) is 0.629. The van der Waals surface area contributed by atoms with E-state index in [0.29, 0.717) is 5.56 Å². The molecule has 0 bridgehead atoms. The maximum absolute atomic E-state index is 12.6. The average Bonchev–Trinajstić information content (AvgIpc) is 3.23. The minimum Gasteiger partial charge on any atom is -0.504 e. The van der Waals surface area contributed by atoms with E-state index in [9.17, 15) is 9.90 Å². The first kappa shape index (κ1) is 15.4. The number of carbonyl (C=O) groups excluding carboxylic acids is 1. The normalized spacial score (nSPS) is 41.2. The maximum Gasteiger partial charge on any atom is 0.338 e. The highest BCUT2D eigenvalue weighted by Crippen LogP contribution is 2.61. The van der Waals surface area contributed by atoms with Crippen molar-refractivity contribution in [1.82, 2.24) is 4.90 Å². The van der Waals surface area contributed by atoms with Crippen LogP contribution in [0.3, 0.4) is 0 Å². The summed E-state index contributed by atoms with van der Waals surface area (Å²) in [6.45, 7) is 0.923. The van der Waals surface area contributed by atoms with Crippen LogP contribution in [0.5, 0.6) is 11.5 Å². The van der Waals surface area contributed by atoms with Gasteiger partial charge in [0, 0.05) is 19.6 Å². The van der Waals surface area contributed by atoms with Gasteiger partial charge in [0.1, 0.15) is 23.9 Å². The van der Waals surface area contributed by atoms with E-state index in [1.165, 1.54) is 7.11 Å². The minimum absolute atomic E-state index is 0.0252. The Hall–Kier alpha value is -1.83. The number of rotatable bonds is 2. The Balaban J connectivity index is 1.69. The first-order valence-corrected chi connectivity index (χ1v) is 8.54. The zero-order valence-electron chi connectivity index (χ0n) is 14.4. The number of phenols is 1. The van der Waals surface area contributed by atoms with Gasteiger partial charge in [0.2, 0.25) is 0 Å². The number of ether oxygens (including phenoxy) is 4.